The summed E-state index contributed by atoms with van der Waals surface area (Å²) >= 11 is 0. The van der Waals surface area contributed by atoms with E-state index in [1.54, 1.807) is 6.92 Å². The van der Waals surface area contributed by atoms with Crippen LogP contribution in [0.3, 0.4) is 0 Å². The summed E-state index contributed by atoms with van der Waals surface area (Å²) in [6.45, 7) is 5.48. The lowest BCUT2D eigenvalue weighted by Gasteiger charge is -2.20. The van der Waals surface area contributed by atoms with Crippen molar-refractivity contribution in [1.29, 1.82) is 0 Å². The molecule has 1 aliphatic carbocycles. The van der Waals surface area contributed by atoms with Gasteiger partial charge in [0.1, 0.15) is 0 Å². The largest absolute Gasteiger partial charge is 0.291 e. The second-order valence-corrected chi connectivity index (χ2v) is 5.01. The van der Waals surface area contributed by atoms with Gasteiger partial charge >= 0.3 is 0 Å². The van der Waals surface area contributed by atoms with Crippen molar-refractivity contribution < 1.29 is 13.0 Å². The minimum atomic E-state index is -4.01. The van der Waals surface area contributed by atoms with Gasteiger partial charge in [-0.3, -0.25) is 4.55 Å². The van der Waals surface area contributed by atoms with E-state index < -0.39 is 10.1 Å². The predicted molar refractivity (Wildman–Crippen MR) is 51.8 cm³/mol. The van der Waals surface area contributed by atoms with Crippen molar-refractivity contribution in [2.75, 3.05) is 0 Å². The summed E-state index contributed by atoms with van der Waals surface area (Å²) in [7, 11) is -4.01. The monoisotopic (exact) mass is 202 g/mol. The highest BCUT2D eigenvalue weighted by molar-refractivity contribution is 7.89. The first-order valence-electron chi connectivity index (χ1n) is 4.18. The van der Waals surface area contributed by atoms with Gasteiger partial charge in [0.25, 0.3) is 10.1 Å². The van der Waals surface area contributed by atoms with Crippen LogP contribution < -0.4 is 0 Å². The van der Waals surface area contributed by atoms with Crippen LogP contribution in [0.15, 0.2) is 22.1 Å². The fourth-order valence-corrected chi connectivity index (χ4v) is 2.98. The molecule has 0 fully saturated rings. The van der Waals surface area contributed by atoms with Crippen molar-refractivity contribution >= 4 is 10.1 Å². The van der Waals surface area contributed by atoms with Crippen molar-refractivity contribution in [3.05, 3.63) is 22.1 Å². The van der Waals surface area contributed by atoms with E-state index >= 15 is 0 Å². The minimum Gasteiger partial charge on any atom is -0.282 e. The Morgan fingerprint density at radius 3 is 2.38 bits per heavy atom. The molecule has 0 bridgehead atoms. The highest BCUT2D eigenvalue weighted by atomic mass is 32.2. The van der Waals surface area contributed by atoms with Gasteiger partial charge in [-0.25, -0.2) is 0 Å². The quantitative estimate of drug-likeness (QED) is 0.663. The molecule has 3 nitrogen and oxygen atoms in total. The van der Waals surface area contributed by atoms with E-state index in [1.807, 2.05) is 19.9 Å². The molecule has 1 aliphatic rings. The Morgan fingerprint density at radius 2 is 2.00 bits per heavy atom. The molecular formula is C9H14O3S. The molecule has 0 spiro atoms. The normalized spacial score (nSPS) is 24.6. The van der Waals surface area contributed by atoms with Crippen molar-refractivity contribution in [2.24, 2.45) is 5.92 Å². The van der Waals surface area contributed by atoms with Crippen LogP contribution in [0.25, 0.3) is 0 Å². The Morgan fingerprint density at radius 1 is 1.46 bits per heavy atom. The highest BCUT2D eigenvalue weighted by Gasteiger charge is 2.25. The standard InChI is InChI=1S/C9H14O3S/c1-6-4-7(2)9(8(3)5-6)13(10,11)12/h4,8H,5H2,1-3H3,(H,10,11,12). The zero-order valence-corrected chi connectivity index (χ0v) is 8.85. The fourth-order valence-electron chi connectivity index (χ4n) is 1.92. The zero-order valence-electron chi connectivity index (χ0n) is 8.03. The maximum Gasteiger partial charge on any atom is 0.291 e. The van der Waals surface area contributed by atoms with Crippen molar-refractivity contribution in [1.82, 2.24) is 0 Å². The SMILES string of the molecule is CC1=CC(C)=C(S(=O)(=O)O)C(C)C1. The van der Waals surface area contributed by atoms with Crippen molar-refractivity contribution in [2.45, 2.75) is 27.2 Å². The van der Waals surface area contributed by atoms with Crippen LogP contribution in [0, 0.1) is 5.92 Å². The maximum absolute atomic E-state index is 11.0. The van der Waals surface area contributed by atoms with Crippen LogP contribution in [-0.4, -0.2) is 13.0 Å². The summed E-state index contributed by atoms with van der Waals surface area (Å²) in [5.41, 5.74) is 1.80. The third-order valence-electron chi connectivity index (χ3n) is 2.21. The summed E-state index contributed by atoms with van der Waals surface area (Å²) in [6.07, 6.45) is 2.51. The molecule has 74 valence electrons. The highest BCUT2D eigenvalue weighted by Crippen LogP contribution is 2.31. The van der Waals surface area contributed by atoms with Gasteiger partial charge in [0.2, 0.25) is 0 Å². The fraction of sp³-hybridized carbons (Fsp3) is 0.556. The van der Waals surface area contributed by atoms with Gasteiger partial charge in [-0.15, -0.1) is 0 Å². The van der Waals surface area contributed by atoms with E-state index in [1.165, 1.54) is 0 Å². The van der Waals surface area contributed by atoms with Crippen LogP contribution in [-0.2, 0) is 10.1 Å². The molecule has 1 unspecified atom stereocenters. The van der Waals surface area contributed by atoms with Crippen molar-refractivity contribution in [3.8, 4) is 0 Å². The molecule has 0 amide bonds. The molecule has 0 aromatic carbocycles. The molecule has 0 heterocycles. The van der Waals surface area contributed by atoms with E-state index in [-0.39, 0.29) is 10.8 Å². The lowest BCUT2D eigenvalue weighted by atomic mass is 9.93. The van der Waals surface area contributed by atoms with Crippen LogP contribution in [0.2, 0.25) is 0 Å². The van der Waals surface area contributed by atoms with Crippen LogP contribution in [0.4, 0.5) is 0 Å². The summed E-state index contributed by atoms with van der Waals surface area (Å²) in [5, 5.41) is 0. The Balaban J connectivity index is 3.28. The van der Waals surface area contributed by atoms with Crippen LogP contribution in [0.1, 0.15) is 27.2 Å². The van der Waals surface area contributed by atoms with Gasteiger partial charge in [0, 0.05) is 0 Å². The van der Waals surface area contributed by atoms with E-state index in [2.05, 4.69) is 0 Å². The Kier molecular flexibility index (Phi) is 2.63. The molecule has 1 rings (SSSR count). The minimum absolute atomic E-state index is 0.111. The van der Waals surface area contributed by atoms with E-state index in [0.717, 1.165) is 5.57 Å². The number of hydrogen-bond acceptors (Lipinski definition) is 2. The van der Waals surface area contributed by atoms with Crippen molar-refractivity contribution in [3.63, 3.8) is 0 Å². The van der Waals surface area contributed by atoms with Gasteiger partial charge in [-0.1, -0.05) is 18.6 Å². The Labute approximate surface area is 78.9 Å². The van der Waals surface area contributed by atoms with E-state index in [9.17, 15) is 8.42 Å². The van der Waals surface area contributed by atoms with Gasteiger partial charge in [0.15, 0.2) is 0 Å². The van der Waals surface area contributed by atoms with Crippen LogP contribution in [0.5, 0.6) is 0 Å². The maximum atomic E-state index is 11.0. The summed E-state index contributed by atoms with van der Waals surface area (Å²) in [4.78, 5) is 0.165. The first-order valence-corrected chi connectivity index (χ1v) is 5.62. The summed E-state index contributed by atoms with van der Waals surface area (Å²) in [5.74, 6) is -0.111. The van der Waals surface area contributed by atoms with E-state index in [4.69, 9.17) is 4.55 Å². The number of allylic oxidation sites excluding steroid dienone is 4. The zero-order chi connectivity index (χ0) is 10.2. The molecule has 13 heavy (non-hydrogen) atoms. The molecular weight excluding hydrogens is 188 g/mol. The third-order valence-corrected chi connectivity index (χ3v) is 3.49. The lowest BCUT2D eigenvalue weighted by Crippen LogP contribution is -2.15. The Hall–Kier alpha value is -0.610. The lowest BCUT2D eigenvalue weighted by molar-refractivity contribution is 0.481. The average molecular weight is 202 g/mol. The second-order valence-electron chi connectivity index (χ2n) is 3.62. The average Bonchev–Trinajstić information content (AvgIpc) is 1.78. The molecule has 0 aromatic rings. The molecule has 1 atom stereocenters. The molecule has 0 radical (unpaired) electrons. The summed E-state index contributed by atoms with van der Waals surface area (Å²) < 4.78 is 30.9. The molecule has 0 aliphatic heterocycles. The molecule has 0 saturated heterocycles. The van der Waals surface area contributed by atoms with Gasteiger partial charge in [0.05, 0.1) is 4.91 Å². The van der Waals surface area contributed by atoms with Gasteiger partial charge in [-0.2, -0.15) is 8.42 Å². The van der Waals surface area contributed by atoms with Gasteiger partial charge < -0.3 is 0 Å². The number of hydrogen-bond donors (Lipinski definition) is 1. The molecule has 1 N–H and O–H groups in total. The van der Waals surface area contributed by atoms with Crippen LogP contribution >= 0.6 is 0 Å². The van der Waals surface area contributed by atoms with E-state index in [0.29, 0.717) is 12.0 Å². The predicted octanol–water partition coefficient (Wildman–Crippen LogP) is 2.13. The van der Waals surface area contributed by atoms with Gasteiger partial charge in [-0.05, 0) is 31.8 Å². The Bertz CT molecular complexity index is 374. The molecule has 0 aromatic heterocycles. The second kappa shape index (κ2) is 3.27. The first-order chi connectivity index (χ1) is 5.82. The summed E-state index contributed by atoms with van der Waals surface area (Å²) in [6, 6.07) is 0. The molecule has 0 saturated carbocycles. The first kappa shape index (κ1) is 10.5. The smallest absolute Gasteiger partial charge is 0.282 e. The number of rotatable bonds is 1. The molecule has 4 heteroatoms. The topological polar surface area (TPSA) is 54.4 Å². The third kappa shape index (κ3) is 2.19.